The number of benzene rings is 1. The van der Waals surface area contributed by atoms with Crippen molar-refractivity contribution in [2.45, 2.75) is 30.4 Å². The van der Waals surface area contributed by atoms with Crippen molar-refractivity contribution in [1.82, 2.24) is 14.4 Å². The maximum absolute atomic E-state index is 13.4. The standard InChI is InChI=1S/C20H20F2N4O4S2/c1-2-17-24-19(25-30-17)13-8-18(31-11-13)32(28,29)26-7-3-4-12(10-26)20(27)23-14-5-6-15(21)16(22)9-14/h5-6,8-9,11-12H,2-4,7,10H2,1H3,(H,23,27). The fraction of sp³-hybridized carbons (Fsp3) is 0.350. The number of hydrogen-bond acceptors (Lipinski definition) is 7. The Balaban J connectivity index is 1.47. The van der Waals surface area contributed by atoms with Crippen molar-refractivity contribution in [3.05, 3.63) is 47.2 Å². The third-order valence-corrected chi connectivity index (χ3v) is 8.42. The van der Waals surface area contributed by atoms with Gasteiger partial charge in [0.1, 0.15) is 4.21 Å². The molecular formula is C20H20F2N4O4S2. The van der Waals surface area contributed by atoms with E-state index in [0.717, 1.165) is 23.5 Å². The summed E-state index contributed by atoms with van der Waals surface area (Å²) < 4.78 is 59.3. The topological polar surface area (TPSA) is 105 Å². The molecule has 1 amide bonds. The molecule has 0 bridgehead atoms. The molecule has 1 saturated heterocycles. The highest BCUT2D eigenvalue weighted by Gasteiger charge is 2.34. The smallest absolute Gasteiger partial charge is 0.252 e. The van der Waals surface area contributed by atoms with Crippen LogP contribution in [0.15, 0.2) is 38.4 Å². The second-order valence-corrected chi connectivity index (χ2v) is 10.4. The molecule has 1 atom stereocenters. The van der Waals surface area contributed by atoms with Crippen LogP contribution < -0.4 is 5.32 Å². The fourth-order valence-corrected chi connectivity index (χ4v) is 6.24. The highest BCUT2D eigenvalue weighted by molar-refractivity contribution is 7.91. The molecule has 0 spiro atoms. The lowest BCUT2D eigenvalue weighted by Crippen LogP contribution is -2.43. The van der Waals surface area contributed by atoms with Crippen molar-refractivity contribution >= 4 is 33.0 Å². The zero-order valence-electron chi connectivity index (χ0n) is 17.0. The first kappa shape index (κ1) is 22.5. The molecule has 12 heteroatoms. The number of nitrogens with zero attached hydrogens (tertiary/aromatic N) is 3. The zero-order chi connectivity index (χ0) is 22.9. The molecule has 1 fully saturated rings. The predicted octanol–water partition coefficient (Wildman–Crippen LogP) is 3.68. The van der Waals surface area contributed by atoms with Gasteiger partial charge in [-0.2, -0.15) is 9.29 Å². The van der Waals surface area contributed by atoms with Gasteiger partial charge in [0.25, 0.3) is 10.0 Å². The minimum atomic E-state index is -3.82. The number of piperidine rings is 1. The van der Waals surface area contributed by atoms with Crippen molar-refractivity contribution in [2.75, 3.05) is 18.4 Å². The van der Waals surface area contributed by atoms with Crippen LogP contribution in [0.4, 0.5) is 14.5 Å². The Morgan fingerprint density at radius 1 is 1.31 bits per heavy atom. The molecule has 4 rings (SSSR count). The normalized spacial score (nSPS) is 17.4. The molecule has 1 unspecified atom stereocenters. The van der Waals surface area contributed by atoms with Gasteiger partial charge in [-0.15, -0.1) is 11.3 Å². The molecule has 1 aliphatic heterocycles. The van der Waals surface area contributed by atoms with E-state index < -0.39 is 33.5 Å². The number of aromatic nitrogens is 2. The average Bonchev–Trinajstić information content (AvgIpc) is 3.46. The van der Waals surface area contributed by atoms with E-state index in [4.69, 9.17) is 4.52 Å². The van der Waals surface area contributed by atoms with Crippen molar-refractivity contribution in [3.8, 4) is 11.4 Å². The number of sulfonamides is 1. The minimum Gasteiger partial charge on any atom is -0.339 e. The van der Waals surface area contributed by atoms with Gasteiger partial charge in [0.05, 0.1) is 5.92 Å². The van der Waals surface area contributed by atoms with E-state index in [9.17, 15) is 22.0 Å². The van der Waals surface area contributed by atoms with Crippen LogP contribution in [0.2, 0.25) is 0 Å². The lowest BCUT2D eigenvalue weighted by atomic mass is 9.98. The maximum Gasteiger partial charge on any atom is 0.252 e. The first-order chi connectivity index (χ1) is 15.3. The first-order valence-corrected chi connectivity index (χ1v) is 12.3. The quantitative estimate of drug-likeness (QED) is 0.575. The van der Waals surface area contributed by atoms with Crippen LogP contribution in [0.1, 0.15) is 25.7 Å². The molecule has 3 heterocycles. The van der Waals surface area contributed by atoms with Gasteiger partial charge in [0, 0.05) is 42.2 Å². The Morgan fingerprint density at radius 3 is 2.84 bits per heavy atom. The highest BCUT2D eigenvalue weighted by Crippen LogP contribution is 2.31. The minimum absolute atomic E-state index is 0.00668. The largest absolute Gasteiger partial charge is 0.339 e. The monoisotopic (exact) mass is 482 g/mol. The number of rotatable bonds is 6. The van der Waals surface area contributed by atoms with E-state index in [1.165, 1.54) is 16.4 Å². The molecular weight excluding hydrogens is 462 g/mol. The lowest BCUT2D eigenvalue weighted by molar-refractivity contribution is -0.120. The molecule has 1 aliphatic rings. The van der Waals surface area contributed by atoms with E-state index in [1.54, 1.807) is 5.38 Å². The van der Waals surface area contributed by atoms with Gasteiger partial charge in [-0.1, -0.05) is 12.1 Å². The Kier molecular flexibility index (Phi) is 6.35. The second-order valence-electron chi connectivity index (χ2n) is 7.34. The predicted molar refractivity (Wildman–Crippen MR) is 113 cm³/mol. The number of hydrogen-bond donors (Lipinski definition) is 1. The summed E-state index contributed by atoms with van der Waals surface area (Å²) >= 11 is 1.05. The number of halogens is 2. The maximum atomic E-state index is 13.4. The third-order valence-electron chi connectivity index (χ3n) is 5.14. The SMILES string of the molecule is CCc1nc(-c2csc(S(=O)(=O)N3CCCC(C(=O)Nc4ccc(F)c(F)c4)C3)c2)no1. The molecule has 1 N–H and O–H groups in total. The van der Waals surface area contributed by atoms with Crippen LogP contribution in [0.5, 0.6) is 0 Å². The van der Waals surface area contributed by atoms with Crippen LogP contribution in [0.3, 0.4) is 0 Å². The van der Waals surface area contributed by atoms with Gasteiger partial charge >= 0.3 is 0 Å². The summed E-state index contributed by atoms with van der Waals surface area (Å²) in [6.45, 7) is 2.15. The van der Waals surface area contributed by atoms with Crippen molar-refractivity contribution in [1.29, 1.82) is 0 Å². The van der Waals surface area contributed by atoms with Crippen LogP contribution in [0, 0.1) is 17.6 Å². The van der Waals surface area contributed by atoms with Crippen LogP contribution in [0.25, 0.3) is 11.4 Å². The average molecular weight is 483 g/mol. The van der Waals surface area contributed by atoms with Gasteiger partial charge in [-0.25, -0.2) is 17.2 Å². The number of carbonyl (C=O) groups excluding carboxylic acids is 1. The summed E-state index contributed by atoms with van der Waals surface area (Å²) in [6.07, 6.45) is 1.56. The van der Waals surface area contributed by atoms with Crippen LogP contribution >= 0.6 is 11.3 Å². The molecule has 0 aliphatic carbocycles. The summed E-state index contributed by atoms with van der Waals surface area (Å²) in [5, 5.41) is 8.04. The fourth-order valence-electron chi connectivity index (χ4n) is 3.40. The molecule has 3 aromatic rings. The lowest BCUT2D eigenvalue weighted by Gasteiger charge is -2.30. The molecule has 8 nitrogen and oxygen atoms in total. The van der Waals surface area contributed by atoms with E-state index in [1.807, 2.05) is 6.92 Å². The van der Waals surface area contributed by atoms with Gasteiger partial charge < -0.3 is 9.84 Å². The van der Waals surface area contributed by atoms with Crippen LogP contribution in [-0.4, -0.2) is 41.9 Å². The summed E-state index contributed by atoms with van der Waals surface area (Å²) in [5.41, 5.74) is 0.657. The number of amides is 1. The second kappa shape index (κ2) is 9.04. The zero-order valence-corrected chi connectivity index (χ0v) is 18.7. The van der Waals surface area contributed by atoms with E-state index in [-0.39, 0.29) is 23.0 Å². The Hall–Kier alpha value is -2.70. The number of thiophene rings is 1. The molecule has 170 valence electrons. The van der Waals surface area contributed by atoms with E-state index in [0.29, 0.717) is 36.5 Å². The van der Waals surface area contributed by atoms with Crippen molar-refractivity contribution in [2.24, 2.45) is 5.92 Å². The summed E-state index contributed by atoms with van der Waals surface area (Å²) in [5.74, 6) is -2.36. The summed E-state index contributed by atoms with van der Waals surface area (Å²) in [6, 6.07) is 4.56. The number of nitrogens with one attached hydrogen (secondary N) is 1. The van der Waals surface area contributed by atoms with Crippen molar-refractivity contribution in [3.63, 3.8) is 0 Å². The number of anilines is 1. The molecule has 32 heavy (non-hydrogen) atoms. The number of aryl methyl sites for hydroxylation is 1. The summed E-state index contributed by atoms with van der Waals surface area (Å²) in [4.78, 5) is 16.8. The van der Waals surface area contributed by atoms with Gasteiger partial charge in [0.15, 0.2) is 11.6 Å². The Labute approximate surface area is 187 Å². The number of carbonyl (C=O) groups is 1. The molecule has 2 aromatic heterocycles. The first-order valence-electron chi connectivity index (χ1n) is 9.95. The van der Waals surface area contributed by atoms with Crippen LogP contribution in [-0.2, 0) is 21.2 Å². The van der Waals surface area contributed by atoms with Gasteiger partial charge in [0.2, 0.25) is 17.6 Å². The molecule has 1 aromatic carbocycles. The Morgan fingerprint density at radius 2 is 2.12 bits per heavy atom. The Bertz CT molecular complexity index is 1240. The van der Waals surface area contributed by atoms with Gasteiger partial charge in [-0.3, -0.25) is 4.79 Å². The molecule has 0 radical (unpaired) electrons. The van der Waals surface area contributed by atoms with E-state index >= 15 is 0 Å². The molecule has 0 saturated carbocycles. The van der Waals surface area contributed by atoms with Crippen molar-refractivity contribution < 1.29 is 26.5 Å². The van der Waals surface area contributed by atoms with Gasteiger partial charge in [-0.05, 0) is 31.0 Å². The highest BCUT2D eigenvalue weighted by atomic mass is 32.2. The summed E-state index contributed by atoms with van der Waals surface area (Å²) in [7, 11) is -3.82. The van der Waals surface area contributed by atoms with E-state index in [2.05, 4.69) is 15.5 Å². The third kappa shape index (κ3) is 4.57.